The highest BCUT2D eigenvalue weighted by Gasteiger charge is 2.22. The Kier molecular flexibility index (Phi) is 3.15. The topological polar surface area (TPSA) is 9.23 Å². The van der Waals surface area contributed by atoms with Gasteiger partial charge in [0.2, 0.25) is 0 Å². The second-order valence-corrected chi connectivity index (χ2v) is 8.14. The second-order valence-electron chi connectivity index (χ2n) is 6.84. The average Bonchev–Trinajstić information content (AvgIpc) is 2.69. The zero-order chi connectivity index (χ0) is 18.1. The Balaban J connectivity index is 1.88. The Bertz CT molecular complexity index is 1420. The van der Waals surface area contributed by atoms with Crippen LogP contribution in [0.5, 0.6) is 11.5 Å². The summed E-state index contributed by atoms with van der Waals surface area (Å²) in [4.78, 5) is 0. The third-order valence-corrected chi connectivity index (χ3v) is 6.26. The molecular formula is C24H12BrClO. The summed E-state index contributed by atoms with van der Waals surface area (Å²) in [6, 6.07) is 25.2. The van der Waals surface area contributed by atoms with Gasteiger partial charge in [0.05, 0.1) is 0 Å². The first-order chi connectivity index (χ1) is 13.2. The summed E-state index contributed by atoms with van der Waals surface area (Å²) in [5.41, 5.74) is 2.27. The summed E-state index contributed by atoms with van der Waals surface area (Å²) in [6.07, 6.45) is 0. The van der Waals surface area contributed by atoms with Crippen LogP contribution >= 0.6 is 27.5 Å². The molecule has 0 unspecified atom stereocenters. The maximum atomic E-state index is 6.21. The lowest BCUT2D eigenvalue weighted by molar-refractivity contribution is 0.487. The van der Waals surface area contributed by atoms with E-state index in [4.69, 9.17) is 16.3 Å². The first-order valence-electron chi connectivity index (χ1n) is 8.75. The van der Waals surface area contributed by atoms with E-state index in [1.807, 2.05) is 18.2 Å². The Morgan fingerprint density at radius 3 is 2.30 bits per heavy atom. The van der Waals surface area contributed by atoms with Gasteiger partial charge in [0.25, 0.3) is 0 Å². The standard InChI is InChI=1S/C24H12BrClO/c25-21-12-19-17-6-3-7-22-24(17)20(16-9-8-13(26)10-23(16)27-22)11-18(19)14-4-1-2-5-15(14)21/h1-12H. The Hall–Kier alpha value is -2.55. The molecule has 5 aromatic rings. The predicted octanol–water partition coefficient (Wildman–Crippen LogP) is 8.33. The highest BCUT2D eigenvalue weighted by atomic mass is 79.9. The average molecular weight is 432 g/mol. The lowest BCUT2D eigenvalue weighted by atomic mass is 9.89. The number of benzene rings is 5. The van der Waals surface area contributed by atoms with Gasteiger partial charge in [-0.3, -0.25) is 0 Å². The zero-order valence-electron chi connectivity index (χ0n) is 14.1. The summed E-state index contributed by atoms with van der Waals surface area (Å²) >= 11 is 9.97. The molecular weight excluding hydrogens is 420 g/mol. The third-order valence-electron chi connectivity index (χ3n) is 5.36. The van der Waals surface area contributed by atoms with E-state index in [2.05, 4.69) is 70.5 Å². The maximum absolute atomic E-state index is 6.21. The summed E-state index contributed by atoms with van der Waals surface area (Å²) in [7, 11) is 0. The fourth-order valence-electron chi connectivity index (χ4n) is 4.20. The van der Waals surface area contributed by atoms with Crippen LogP contribution in [0.4, 0.5) is 0 Å². The van der Waals surface area contributed by atoms with Gasteiger partial charge in [-0.2, -0.15) is 0 Å². The van der Waals surface area contributed by atoms with Gasteiger partial charge in [0.15, 0.2) is 0 Å². The van der Waals surface area contributed by atoms with Crippen molar-refractivity contribution in [2.24, 2.45) is 0 Å². The normalized spacial score (nSPS) is 12.4. The van der Waals surface area contributed by atoms with Crippen molar-refractivity contribution in [3.05, 3.63) is 82.3 Å². The minimum atomic E-state index is 0.680. The molecule has 1 heterocycles. The number of halogens is 2. The van der Waals surface area contributed by atoms with Gasteiger partial charge in [-0.05, 0) is 62.8 Å². The van der Waals surface area contributed by atoms with Crippen LogP contribution in [0.15, 0.2) is 77.3 Å². The molecule has 0 saturated carbocycles. The number of hydrogen-bond acceptors (Lipinski definition) is 1. The molecule has 1 aliphatic rings. The van der Waals surface area contributed by atoms with Gasteiger partial charge < -0.3 is 4.74 Å². The molecule has 1 aliphatic heterocycles. The predicted molar refractivity (Wildman–Crippen MR) is 117 cm³/mol. The Morgan fingerprint density at radius 2 is 1.41 bits per heavy atom. The third kappa shape index (κ3) is 2.11. The summed E-state index contributed by atoms with van der Waals surface area (Å²) in [5.74, 6) is 1.69. The minimum Gasteiger partial charge on any atom is -0.456 e. The molecule has 0 saturated heterocycles. The van der Waals surface area contributed by atoms with E-state index in [0.29, 0.717) is 5.02 Å². The molecule has 27 heavy (non-hydrogen) atoms. The second kappa shape index (κ2) is 5.48. The van der Waals surface area contributed by atoms with Crippen LogP contribution in [0.1, 0.15) is 0 Å². The number of rotatable bonds is 0. The molecule has 0 radical (unpaired) electrons. The quantitative estimate of drug-likeness (QED) is 0.220. The minimum absolute atomic E-state index is 0.680. The van der Waals surface area contributed by atoms with Crippen molar-refractivity contribution in [2.75, 3.05) is 0 Å². The van der Waals surface area contributed by atoms with E-state index in [-0.39, 0.29) is 0 Å². The fourth-order valence-corrected chi connectivity index (χ4v) is 4.94. The molecule has 1 nitrogen and oxygen atoms in total. The fraction of sp³-hybridized carbons (Fsp3) is 0. The van der Waals surface area contributed by atoms with Crippen molar-refractivity contribution >= 4 is 59.8 Å². The van der Waals surface area contributed by atoms with Gasteiger partial charge >= 0.3 is 0 Å². The van der Waals surface area contributed by atoms with Crippen LogP contribution in [-0.2, 0) is 0 Å². The van der Waals surface area contributed by atoms with Crippen molar-refractivity contribution in [1.82, 2.24) is 0 Å². The Labute approximate surface area is 169 Å². The number of ether oxygens (including phenoxy) is 1. The molecule has 0 amide bonds. The molecule has 6 rings (SSSR count). The van der Waals surface area contributed by atoms with Gasteiger partial charge in [-0.25, -0.2) is 0 Å². The molecule has 3 heteroatoms. The van der Waals surface area contributed by atoms with Crippen molar-refractivity contribution < 1.29 is 4.74 Å². The molecule has 0 spiro atoms. The van der Waals surface area contributed by atoms with Gasteiger partial charge in [0.1, 0.15) is 11.5 Å². The number of fused-ring (bicyclic) bond motifs is 6. The van der Waals surface area contributed by atoms with Crippen molar-refractivity contribution in [3.8, 4) is 22.6 Å². The van der Waals surface area contributed by atoms with E-state index in [9.17, 15) is 0 Å². The first-order valence-corrected chi connectivity index (χ1v) is 9.92. The van der Waals surface area contributed by atoms with E-state index < -0.39 is 0 Å². The lowest BCUT2D eigenvalue weighted by Gasteiger charge is -2.23. The van der Waals surface area contributed by atoms with Crippen LogP contribution in [0, 0.1) is 0 Å². The molecule has 0 aliphatic carbocycles. The highest BCUT2D eigenvalue weighted by molar-refractivity contribution is 9.10. The van der Waals surface area contributed by atoms with Crippen LogP contribution in [0.25, 0.3) is 43.4 Å². The maximum Gasteiger partial charge on any atom is 0.136 e. The molecule has 0 atom stereocenters. The van der Waals surface area contributed by atoms with Crippen LogP contribution in [0.2, 0.25) is 5.02 Å². The van der Waals surface area contributed by atoms with E-state index in [0.717, 1.165) is 26.9 Å². The van der Waals surface area contributed by atoms with Crippen molar-refractivity contribution in [2.45, 2.75) is 0 Å². The van der Waals surface area contributed by atoms with Gasteiger partial charge in [-0.15, -0.1) is 0 Å². The van der Waals surface area contributed by atoms with E-state index >= 15 is 0 Å². The zero-order valence-corrected chi connectivity index (χ0v) is 16.4. The van der Waals surface area contributed by atoms with E-state index in [1.54, 1.807) is 0 Å². The van der Waals surface area contributed by atoms with Crippen LogP contribution in [0.3, 0.4) is 0 Å². The molecule has 0 bridgehead atoms. The molecule has 0 aromatic heterocycles. The van der Waals surface area contributed by atoms with Gasteiger partial charge in [0, 0.05) is 26.5 Å². The molecule has 128 valence electrons. The summed E-state index contributed by atoms with van der Waals surface area (Å²) in [5, 5.41) is 7.97. The van der Waals surface area contributed by atoms with Crippen LogP contribution < -0.4 is 4.74 Å². The van der Waals surface area contributed by atoms with E-state index in [1.165, 1.54) is 32.5 Å². The lowest BCUT2D eigenvalue weighted by Crippen LogP contribution is -1.97. The summed E-state index contributed by atoms with van der Waals surface area (Å²) < 4.78 is 7.31. The SMILES string of the molecule is Clc1ccc2c(c1)Oc1cccc3c1c-2cc1c2ccccc2c(Br)cc31. The molecule has 5 aromatic carbocycles. The first kappa shape index (κ1) is 15.5. The van der Waals surface area contributed by atoms with Gasteiger partial charge in [-0.1, -0.05) is 63.9 Å². The number of hydrogen-bond donors (Lipinski definition) is 0. The molecule has 0 fully saturated rings. The smallest absolute Gasteiger partial charge is 0.136 e. The van der Waals surface area contributed by atoms with Crippen molar-refractivity contribution in [1.29, 1.82) is 0 Å². The van der Waals surface area contributed by atoms with Crippen molar-refractivity contribution in [3.63, 3.8) is 0 Å². The highest BCUT2D eigenvalue weighted by Crippen LogP contribution is 2.50. The monoisotopic (exact) mass is 430 g/mol. The summed E-state index contributed by atoms with van der Waals surface area (Å²) in [6.45, 7) is 0. The van der Waals surface area contributed by atoms with Crippen LogP contribution in [-0.4, -0.2) is 0 Å². The Morgan fingerprint density at radius 1 is 0.630 bits per heavy atom. The largest absolute Gasteiger partial charge is 0.456 e. The molecule has 0 N–H and O–H groups in total.